The molecule has 26 heavy (non-hydrogen) atoms. The van der Waals surface area contributed by atoms with E-state index >= 15 is 0 Å². The Labute approximate surface area is 159 Å². The van der Waals surface area contributed by atoms with Gasteiger partial charge in [0.15, 0.2) is 0 Å². The van der Waals surface area contributed by atoms with Crippen molar-refractivity contribution in [3.63, 3.8) is 0 Å². The van der Waals surface area contributed by atoms with Gasteiger partial charge in [-0.15, -0.1) is 0 Å². The SMILES string of the molecule is CC(C)c1cc2cc3ccc(C(C)C)c(C(C)C)c3cc2cc1C(C)C. The van der Waals surface area contributed by atoms with Gasteiger partial charge in [-0.1, -0.05) is 79.7 Å². The Morgan fingerprint density at radius 2 is 0.962 bits per heavy atom. The molecule has 0 nitrogen and oxygen atoms in total. The van der Waals surface area contributed by atoms with Crippen molar-refractivity contribution in [2.75, 3.05) is 0 Å². The molecule has 0 heterocycles. The van der Waals surface area contributed by atoms with E-state index in [1.165, 1.54) is 43.8 Å². The van der Waals surface area contributed by atoms with Crippen LogP contribution >= 0.6 is 0 Å². The summed E-state index contributed by atoms with van der Waals surface area (Å²) < 4.78 is 0. The molecule has 0 bridgehead atoms. The largest absolute Gasteiger partial charge is 0.0587 e. The minimum Gasteiger partial charge on any atom is -0.0587 e. The average molecular weight is 347 g/mol. The number of rotatable bonds is 4. The number of hydrogen-bond acceptors (Lipinski definition) is 0. The summed E-state index contributed by atoms with van der Waals surface area (Å²) in [7, 11) is 0. The highest BCUT2D eigenvalue weighted by Gasteiger charge is 2.16. The molecule has 0 radical (unpaired) electrons. The van der Waals surface area contributed by atoms with Crippen LogP contribution in [0, 0.1) is 0 Å². The number of benzene rings is 3. The molecule has 0 unspecified atom stereocenters. The first-order valence-electron chi connectivity index (χ1n) is 10.2. The first-order valence-corrected chi connectivity index (χ1v) is 10.2. The fourth-order valence-corrected chi connectivity index (χ4v) is 4.35. The zero-order chi connectivity index (χ0) is 19.2. The summed E-state index contributed by atoms with van der Waals surface area (Å²) in [5, 5.41) is 5.56. The summed E-state index contributed by atoms with van der Waals surface area (Å²) in [6.45, 7) is 18.5. The summed E-state index contributed by atoms with van der Waals surface area (Å²) in [5.41, 5.74) is 6.01. The molecular formula is C26H34. The highest BCUT2D eigenvalue weighted by atomic mass is 14.2. The van der Waals surface area contributed by atoms with Gasteiger partial charge in [0, 0.05) is 0 Å². The highest BCUT2D eigenvalue weighted by molar-refractivity contribution is 6.01. The lowest BCUT2D eigenvalue weighted by atomic mass is 9.84. The van der Waals surface area contributed by atoms with E-state index in [2.05, 4.69) is 91.8 Å². The van der Waals surface area contributed by atoms with Crippen molar-refractivity contribution < 1.29 is 0 Å². The fraction of sp³-hybridized carbons (Fsp3) is 0.462. The van der Waals surface area contributed by atoms with Crippen LogP contribution in [0.1, 0.15) is 101 Å². The van der Waals surface area contributed by atoms with Crippen molar-refractivity contribution in [2.24, 2.45) is 0 Å². The lowest BCUT2D eigenvalue weighted by Gasteiger charge is -2.21. The van der Waals surface area contributed by atoms with Crippen LogP contribution in [0.5, 0.6) is 0 Å². The van der Waals surface area contributed by atoms with Gasteiger partial charge in [-0.05, 0) is 79.6 Å². The summed E-state index contributed by atoms with van der Waals surface area (Å²) >= 11 is 0. The molecule has 138 valence electrons. The molecule has 0 aliphatic rings. The van der Waals surface area contributed by atoms with Crippen LogP contribution in [0.4, 0.5) is 0 Å². The first kappa shape index (κ1) is 19.0. The third-order valence-corrected chi connectivity index (χ3v) is 5.70. The van der Waals surface area contributed by atoms with Gasteiger partial charge in [-0.25, -0.2) is 0 Å². The molecule has 0 amide bonds. The van der Waals surface area contributed by atoms with Crippen LogP contribution in [0.2, 0.25) is 0 Å². The van der Waals surface area contributed by atoms with Gasteiger partial charge in [0.05, 0.1) is 0 Å². The van der Waals surface area contributed by atoms with E-state index in [-0.39, 0.29) is 0 Å². The molecule has 0 aliphatic heterocycles. The fourth-order valence-electron chi connectivity index (χ4n) is 4.35. The van der Waals surface area contributed by atoms with Crippen molar-refractivity contribution >= 4 is 21.5 Å². The average Bonchev–Trinajstić information content (AvgIpc) is 2.57. The van der Waals surface area contributed by atoms with E-state index in [0.29, 0.717) is 23.7 Å². The molecule has 3 aromatic carbocycles. The molecule has 0 saturated heterocycles. The lowest BCUT2D eigenvalue weighted by Crippen LogP contribution is -2.01. The Kier molecular flexibility index (Phi) is 5.15. The van der Waals surface area contributed by atoms with Crippen molar-refractivity contribution in [3.8, 4) is 0 Å². The van der Waals surface area contributed by atoms with Crippen molar-refractivity contribution in [3.05, 3.63) is 58.7 Å². The predicted octanol–water partition coefficient (Wildman–Crippen LogP) is 8.49. The third-order valence-electron chi connectivity index (χ3n) is 5.70. The minimum atomic E-state index is 0.535. The van der Waals surface area contributed by atoms with Crippen LogP contribution in [0.3, 0.4) is 0 Å². The topological polar surface area (TPSA) is 0 Å². The van der Waals surface area contributed by atoms with Crippen LogP contribution in [-0.4, -0.2) is 0 Å². The maximum atomic E-state index is 2.45. The lowest BCUT2D eigenvalue weighted by molar-refractivity contribution is 0.793. The Morgan fingerprint density at radius 1 is 0.462 bits per heavy atom. The van der Waals surface area contributed by atoms with Gasteiger partial charge in [0.25, 0.3) is 0 Å². The molecular weight excluding hydrogens is 312 g/mol. The standard InChI is InChI=1S/C26H34/c1-15(2)22-10-9-19-11-20-12-23(16(3)4)24(17(5)6)13-21(20)14-25(19)26(22)18(7)8/h9-18H,1-8H3. The van der Waals surface area contributed by atoms with E-state index in [1.807, 2.05) is 0 Å². The van der Waals surface area contributed by atoms with E-state index < -0.39 is 0 Å². The maximum Gasteiger partial charge on any atom is -0.0140 e. The van der Waals surface area contributed by atoms with Gasteiger partial charge < -0.3 is 0 Å². The monoisotopic (exact) mass is 346 g/mol. The molecule has 3 rings (SSSR count). The zero-order valence-corrected chi connectivity index (χ0v) is 17.8. The van der Waals surface area contributed by atoms with Gasteiger partial charge in [-0.3, -0.25) is 0 Å². The first-order chi connectivity index (χ1) is 12.2. The van der Waals surface area contributed by atoms with E-state index in [9.17, 15) is 0 Å². The van der Waals surface area contributed by atoms with Gasteiger partial charge >= 0.3 is 0 Å². The van der Waals surface area contributed by atoms with Crippen LogP contribution < -0.4 is 0 Å². The third kappa shape index (κ3) is 3.27. The van der Waals surface area contributed by atoms with Gasteiger partial charge in [0.1, 0.15) is 0 Å². The second-order valence-electron chi connectivity index (χ2n) is 9.09. The van der Waals surface area contributed by atoms with Crippen LogP contribution in [-0.2, 0) is 0 Å². The summed E-state index contributed by atoms with van der Waals surface area (Å²) in [6.07, 6.45) is 0. The second kappa shape index (κ2) is 7.06. The highest BCUT2D eigenvalue weighted by Crippen LogP contribution is 2.37. The molecule has 0 fully saturated rings. The zero-order valence-electron chi connectivity index (χ0n) is 17.8. The molecule has 0 spiro atoms. The van der Waals surface area contributed by atoms with Crippen molar-refractivity contribution in [1.29, 1.82) is 0 Å². The summed E-state index contributed by atoms with van der Waals surface area (Å²) in [5.74, 6) is 2.20. The molecule has 0 heteroatoms. The Balaban J connectivity index is 2.39. The molecule has 3 aromatic rings. The smallest absolute Gasteiger partial charge is 0.0140 e. The van der Waals surface area contributed by atoms with Gasteiger partial charge in [-0.2, -0.15) is 0 Å². The Morgan fingerprint density at radius 3 is 1.42 bits per heavy atom. The minimum absolute atomic E-state index is 0.535. The molecule has 0 saturated carbocycles. The quantitative estimate of drug-likeness (QED) is 0.415. The normalized spacial score (nSPS) is 12.5. The Hall–Kier alpha value is -1.82. The van der Waals surface area contributed by atoms with Crippen LogP contribution in [0.15, 0.2) is 36.4 Å². The number of fused-ring (bicyclic) bond motifs is 2. The predicted molar refractivity (Wildman–Crippen MR) is 118 cm³/mol. The molecule has 0 aliphatic carbocycles. The Bertz CT molecular complexity index is 933. The van der Waals surface area contributed by atoms with E-state index in [1.54, 1.807) is 0 Å². The maximum absolute atomic E-state index is 2.45. The number of hydrogen-bond donors (Lipinski definition) is 0. The van der Waals surface area contributed by atoms with E-state index in [4.69, 9.17) is 0 Å². The molecule has 0 aromatic heterocycles. The van der Waals surface area contributed by atoms with Crippen molar-refractivity contribution in [2.45, 2.75) is 79.1 Å². The molecule has 0 atom stereocenters. The van der Waals surface area contributed by atoms with Crippen LogP contribution in [0.25, 0.3) is 21.5 Å². The summed E-state index contributed by atoms with van der Waals surface area (Å²) in [6, 6.07) is 14.4. The summed E-state index contributed by atoms with van der Waals surface area (Å²) in [4.78, 5) is 0. The van der Waals surface area contributed by atoms with E-state index in [0.717, 1.165) is 0 Å². The second-order valence-corrected chi connectivity index (χ2v) is 9.09. The van der Waals surface area contributed by atoms with Gasteiger partial charge in [0.2, 0.25) is 0 Å². The van der Waals surface area contributed by atoms with Crippen molar-refractivity contribution in [1.82, 2.24) is 0 Å². The molecule has 0 N–H and O–H groups in total.